The Balaban J connectivity index is 3.01. The van der Waals surface area contributed by atoms with Gasteiger partial charge < -0.3 is 31.9 Å². The molecule has 0 spiro atoms. The number of carboxylic acids is 2. The molecule has 1 rings (SSSR count). The third-order valence-electron chi connectivity index (χ3n) is 5.44. The van der Waals surface area contributed by atoms with Crippen LogP contribution in [0.3, 0.4) is 0 Å². The second-order valence-electron chi connectivity index (χ2n) is 8.70. The van der Waals surface area contributed by atoms with Crippen LogP contribution in [-0.2, 0) is 30.4 Å². The van der Waals surface area contributed by atoms with Crippen LogP contribution < -0.4 is 21.7 Å². The smallest absolute Gasteiger partial charge is 0.326 e. The van der Waals surface area contributed by atoms with Crippen molar-refractivity contribution < 1.29 is 34.2 Å². The molecule has 3 amide bonds. The average Bonchev–Trinajstić information content (AvgIpc) is 2.83. The number of nitrogens with one attached hydrogen (secondary N) is 3. The van der Waals surface area contributed by atoms with Crippen molar-refractivity contribution >= 4 is 41.4 Å². The SMILES string of the molecule is CSCCC(NC(=O)C(CCC(=O)O)NC(=O)C(N)C(C)C)C(=O)NC(Cc1ccccc1)C(=O)O. The van der Waals surface area contributed by atoms with E-state index in [1.165, 1.54) is 11.8 Å². The molecule has 4 atom stereocenters. The summed E-state index contributed by atoms with van der Waals surface area (Å²) < 4.78 is 0. The molecule has 0 fully saturated rings. The maximum Gasteiger partial charge on any atom is 0.326 e. The fourth-order valence-electron chi connectivity index (χ4n) is 3.21. The lowest BCUT2D eigenvalue weighted by Crippen LogP contribution is -2.57. The van der Waals surface area contributed by atoms with Gasteiger partial charge in [0.05, 0.1) is 6.04 Å². The number of aliphatic carboxylic acids is 2. The van der Waals surface area contributed by atoms with Crippen molar-refractivity contribution in [2.24, 2.45) is 11.7 Å². The highest BCUT2D eigenvalue weighted by Gasteiger charge is 2.31. The van der Waals surface area contributed by atoms with Crippen LogP contribution >= 0.6 is 11.8 Å². The first-order chi connectivity index (χ1) is 17.0. The van der Waals surface area contributed by atoms with E-state index in [1.54, 1.807) is 44.2 Å². The van der Waals surface area contributed by atoms with Crippen LogP contribution in [0, 0.1) is 5.92 Å². The first kappa shape index (κ1) is 30.9. The van der Waals surface area contributed by atoms with Crippen LogP contribution in [0.4, 0.5) is 0 Å². The van der Waals surface area contributed by atoms with Crippen LogP contribution in [0.2, 0.25) is 0 Å². The Hall–Kier alpha value is -3.12. The molecule has 0 aromatic heterocycles. The number of carboxylic acid groups (broad SMARTS) is 2. The summed E-state index contributed by atoms with van der Waals surface area (Å²) in [5.41, 5.74) is 6.56. The Morgan fingerprint density at radius 2 is 1.39 bits per heavy atom. The van der Waals surface area contributed by atoms with E-state index in [0.29, 0.717) is 11.3 Å². The molecule has 11 nitrogen and oxygen atoms in total. The van der Waals surface area contributed by atoms with Crippen LogP contribution in [0.1, 0.15) is 38.7 Å². The molecule has 4 unspecified atom stereocenters. The van der Waals surface area contributed by atoms with Gasteiger partial charge in [0.2, 0.25) is 17.7 Å². The molecule has 0 heterocycles. The number of thioether (sulfide) groups is 1. The second kappa shape index (κ2) is 15.8. The number of carbonyl (C=O) groups is 5. The Morgan fingerprint density at radius 1 is 0.861 bits per heavy atom. The van der Waals surface area contributed by atoms with Gasteiger partial charge in [0.1, 0.15) is 18.1 Å². The summed E-state index contributed by atoms with van der Waals surface area (Å²) >= 11 is 1.43. The van der Waals surface area contributed by atoms with Gasteiger partial charge in [-0.25, -0.2) is 4.79 Å². The molecule has 0 aliphatic heterocycles. The number of rotatable bonds is 16. The van der Waals surface area contributed by atoms with E-state index >= 15 is 0 Å². The first-order valence-corrected chi connectivity index (χ1v) is 13.0. The number of benzene rings is 1. The quantitative estimate of drug-likeness (QED) is 0.177. The minimum atomic E-state index is -1.23. The molecular weight excluding hydrogens is 488 g/mol. The zero-order valence-electron chi connectivity index (χ0n) is 20.7. The Labute approximate surface area is 215 Å². The van der Waals surface area contributed by atoms with Gasteiger partial charge in [-0.1, -0.05) is 44.2 Å². The van der Waals surface area contributed by atoms with Crippen molar-refractivity contribution in [2.45, 2.75) is 63.7 Å². The minimum Gasteiger partial charge on any atom is -0.481 e. The summed E-state index contributed by atoms with van der Waals surface area (Å²) in [5.74, 6) is -4.17. The van der Waals surface area contributed by atoms with Gasteiger partial charge in [0, 0.05) is 12.8 Å². The monoisotopic (exact) mass is 524 g/mol. The van der Waals surface area contributed by atoms with Crippen molar-refractivity contribution in [1.82, 2.24) is 16.0 Å². The Morgan fingerprint density at radius 3 is 1.89 bits per heavy atom. The van der Waals surface area contributed by atoms with E-state index in [9.17, 15) is 29.1 Å². The minimum absolute atomic E-state index is 0.0511. The molecule has 0 bridgehead atoms. The summed E-state index contributed by atoms with van der Waals surface area (Å²) in [7, 11) is 0. The van der Waals surface area contributed by atoms with Gasteiger partial charge in [-0.2, -0.15) is 11.8 Å². The maximum atomic E-state index is 13.0. The largest absolute Gasteiger partial charge is 0.481 e. The summed E-state index contributed by atoms with van der Waals surface area (Å²) in [4.78, 5) is 61.3. The summed E-state index contributed by atoms with van der Waals surface area (Å²) in [5, 5.41) is 26.2. The van der Waals surface area contributed by atoms with Crippen molar-refractivity contribution in [3.63, 3.8) is 0 Å². The lowest BCUT2D eigenvalue weighted by molar-refractivity contribution is -0.142. The van der Waals surface area contributed by atoms with Gasteiger partial charge in [-0.3, -0.25) is 19.2 Å². The van der Waals surface area contributed by atoms with Gasteiger partial charge in [0.15, 0.2) is 0 Å². The molecule has 0 aliphatic carbocycles. The molecule has 36 heavy (non-hydrogen) atoms. The molecule has 12 heteroatoms. The van der Waals surface area contributed by atoms with Gasteiger partial charge in [0.25, 0.3) is 0 Å². The lowest BCUT2D eigenvalue weighted by Gasteiger charge is -2.25. The Bertz CT molecular complexity index is 898. The van der Waals surface area contributed by atoms with Gasteiger partial charge >= 0.3 is 11.9 Å². The van der Waals surface area contributed by atoms with Crippen LogP contribution in [0.15, 0.2) is 30.3 Å². The van der Waals surface area contributed by atoms with E-state index in [1.807, 2.05) is 6.26 Å². The maximum absolute atomic E-state index is 13.0. The van der Waals surface area contributed by atoms with Crippen molar-refractivity contribution in [3.05, 3.63) is 35.9 Å². The molecule has 1 aromatic carbocycles. The fourth-order valence-corrected chi connectivity index (χ4v) is 3.68. The molecule has 0 aliphatic rings. The number of nitrogens with two attached hydrogens (primary N) is 1. The summed E-state index contributed by atoms with van der Waals surface area (Å²) in [6.07, 6.45) is 1.46. The van der Waals surface area contributed by atoms with Gasteiger partial charge in [-0.15, -0.1) is 0 Å². The first-order valence-electron chi connectivity index (χ1n) is 11.6. The number of hydrogen-bond acceptors (Lipinski definition) is 7. The zero-order valence-corrected chi connectivity index (χ0v) is 21.5. The van der Waals surface area contributed by atoms with Crippen molar-refractivity contribution in [3.8, 4) is 0 Å². The molecule has 0 radical (unpaired) electrons. The highest BCUT2D eigenvalue weighted by atomic mass is 32.2. The van der Waals surface area contributed by atoms with Gasteiger partial charge in [-0.05, 0) is 36.3 Å². The average molecular weight is 525 g/mol. The second-order valence-corrected chi connectivity index (χ2v) is 9.68. The van der Waals surface area contributed by atoms with E-state index in [4.69, 9.17) is 10.8 Å². The standard InChI is InChI=1S/C24H36N4O7S/c1-14(2)20(25)23(33)27-16(9-10-19(29)30)21(31)26-17(11-12-36-3)22(32)28-18(24(34)35)13-15-7-5-4-6-8-15/h4-8,14,16-18,20H,9-13,25H2,1-3H3,(H,26,31)(H,27,33)(H,28,32)(H,29,30)(H,34,35). The molecule has 1 aromatic rings. The molecule has 0 saturated carbocycles. The fraction of sp³-hybridized carbons (Fsp3) is 0.542. The predicted octanol–water partition coefficient (Wildman–Crippen LogP) is 0.369. The van der Waals surface area contributed by atoms with E-state index < -0.39 is 60.2 Å². The highest BCUT2D eigenvalue weighted by Crippen LogP contribution is 2.08. The summed E-state index contributed by atoms with van der Waals surface area (Å²) in [6.45, 7) is 3.46. The van der Waals surface area contributed by atoms with Crippen molar-refractivity contribution in [1.29, 1.82) is 0 Å². The lowest BCUT2D eigenvalue weighted by atomic mass is 10.0. The molecule has 0 saturated heterocycles. The molecule has 7 N–H and O–H groups in total. The zero-order chi connectivity index (χ0) is 27.3. The predicted molar refractivity (Wildman–Crippen MR) is 136 cm³/mol. The number of amides is 3. The van der Waals surface area contributed by atoms with E-state index in [2.05, 4.69) is 16.0 Å². The van der Waals surface area contributed by atoms with Crippen molar-refractivity contribution in [2.75, 3.05) is 12.0 Å². The number of hydrogen-bond donors (Lipinski definition) is 6. The van der Waals surface area contributed by atoms with Crippen LogP contribution in [-0.4, -0.2) is 76.0 Å². The topological polar surface area (TPSA) is 188 Å². The normalized spacial score (nSPS) is 14.2. The third kappa shape index (κ3) is 11.1. The van der Waals surface area contributed by atoms with E-state index in [0.717, 1.165) is 0 Å². The highest BCUT2D eigenvalue weighted by molar-refractivity contribution is 7.98. The third-order valence-corrected chi connectivity index (χ3v) is 6.09. The summed E-state index contributed by atoms with van der Waals surface area (Å²) in [6, 6.07) is 4.34. The van der Waals surface area contributed by atoms with E-state index in [-0.39, 0.29) is 25.2 Å². The van der Waals surface area contributed by atoms with Crippen LogP contribution in [0.25, 0.3) is 0 Å². The molecular formula is C24H36N4O7S. The number of carbonyl (C=O) groups excluding carboxylic acids is 3. The Kier molecular flexibility index (Phi) is 13.6. The van der Waals surface area contributed by atoms with Crippen LogP contribution in [0.5, 0.6) is 0 Å². The molecule has 200 valence electrons.